The standard InChI is InChI=1S/C27H37Cl2N3O4S/c1-18-10-11-19(2)24(15-18)32(37(7,35)36)14-8-9-25(33)31(20(3)26(34)30-27(4,5)6)17-21-12-13-22(28)16-23(21)29/h10-13,15-16,20H,8-9,14,17H2,1-7H3,(H,30,34). The summed E-state index contributed by atoms with van der Waals surface area (Å²) in [6.07, 6.45) is 1.48. The Balaban J connectivity index is 2.26. The van der Waals surface area contributed by atoms with Gasteiger partial charge < -0.3 is 10.2 Å². The van der Waals surface area contributed by atoms with E-state index in [2.05, 4.69) is 5.32 Å². The summed E-state index contributed by atoms with van der Waals surface area (Å²) in [4.78, 5) is 27.9. The summed E-state index contributed by atoms with van der Waals surface area (Å²) in [5.74, 6) is -0.573. The van der Waals surface area contributed by atoms with Gasteiger partial charge in [0.15, 0.2) is 0 Å². The van der Waals surface area contributed by atoms with Gasteiger partial charge in [-0.15, -0.1) is 0 Å². The highest BCUT2D eigenvalue weighted by Gasteiger charge is 2.29. The molecule has 0 spiro atoms. The molecule has 0 aliphatic heterocycles. The first kappa shape index (κ1) is 30.9. The van der Waals surface area contributed by atoms with E-state index < -0.39 is 21.6 Å². The number of hydrogen-bond acceptors (Lipinski definition) is 4. The molecule has 0 saturated carbocycles. The molecule has 0 fully saturated rings. The number of carbonyl (C=O) groups is 2. The van der Waals surface area contributed by atoms with E-state index in [4.69, 9.17) is 23.2 Å². The monoisotopic (exact) mass is 569 g/mol. The molecule has 0 aliphatic rings. The zero-order valence-electron chi connectivity index (χ0n) is 22.6. The van der Waals surface area contributed by atoms with Crippen LogP contribution in [0.1, 0.15) is 57.2 Å². The highest BCUT2D eigenvalue weighted by Crippen LogP contribution is 2.26. The fourth-order valence-electron chi connectivity index (χ4n) is 3.86. The SMILES string of the molecule is Cc1ccc(C)c(N(CCCC(=O)N(Cc2ccc(Cl)cc2Cl)C(C)C(=O)NC(C)(C)C)S(C)(=O)=O)c1. The van der Waals surface area contributed by atoms with Crippen LogP contribution in [0, 0.1) is 13.8 Å². The second-order valence-electron chi connectivity index (χ2n) is 10.4. The minimum absolute atomic E-state index is 0.0508. The zero-order valence-corrected chi connectivity index (χ0v) is 24.9. The maximum atomic E-state index is 13.4. The van der Waals surface area contributed by atoms with Crippen molar-refractivity contribution in [3.05, 3.63) is 63.1 Å². The predicted octanol–water partition coefficient (Wildman–Crippen LogP) is 5.49. The molecule has 1 unspecified atom stereocenters. The number of sulfonamides is 1. The lowest BCUT2D eigenvalue weighted by Crippen LogP contribution is -2.52. The Morgan fingerprint density at radius 3 is 2.27 bits per heavy atom. The summed E-state index contributed by atoms with van der Waals surface area (Å²) in [5.41, 5.74) is 2.55. The van der Waals surface area contributed by atoms with Crippen molar-refractivity contribution in [2.45, 2.75) is 72.5 Å². The van der Waals surface area contributed by atoms with Crippen molar-refractivity contribution in [3.63, 3.8) is 0 Å². The quantitative estimate of drug-likeness (QED) is 0.410. The van der Waals surface area contributed by atoms with E-state index in [0.29, 0.717) is 21.3 Å². The highest BCUT2D eigenvalue weighted by atomic mass is 35.5. The lowest BCUT2D eigenvalue weighted by atomic mass is 10.1. The summed E-state index contributed by atoms with van der Waals surface area (Å²) in [7, 11) is -3.57. The van der Waals surface area contributed by atoms with E-state index in [1.807, 2.05) is 52.8 Å². The van der Waals surface area contributed by atoms with E-state index in [1.165, 1.54) is 9.21 Å². The molecule has 2 aromatic rings. The van der Waals surface area contributed by atoms with Gasteiger partial charge in [-0.3, -0.25) is 13.9 Å². The van der Waals surface area contributed by atoms with E-state index in [0.717, 1.165) is 17.4 Å². The van der Waals surface area contributed by atoms with Crippen molar-refractivity contribution >= 4 is 50.7 Å². The first-order valence-electron chi connectivity index (χ1n) is 12.1. The minimum atomic E-state index is -3.57. The molecule has 204 valence electrons. The second-order valence-corrected chi connectivity index (χ2v) is 13.2. The van der Waals surface area contributed by atoms with Crippen molar-refractivity contribution in [2.75, 3.05) is 17.1 Å². The lowest BCUT2D eigenvalue weighted by molar-refractivity contribution is -0.141. The molecule has 0 saturated heterocycles. The van der Waals surface area contributed by atoms with Gasteiger partial charge in [0.25, 0.3) is 0 Å². The van der Waals surface area contributed by atoms with Crippen LogP contribution >= 0.6 is 23.2 Å². The summed E-state index contributed by atoms with van der Waals surface area (Å²) in [6.45, 7) is 11.3. The molecule has 1 atom stereocenters. The number of aryl methyl sites for hydroxylation is 2. The molecule has 2 aromatic carbocycles. The molecule has 37 heavy (non-hydrogen) atoms. The molecule has 0 heterocycles. The average molecular weight is 571 g/mol. The van der Waals surface area contributed by atoms with Crippen molar-refractivity contribution in [3.8, 4) is 0 Å². The number of halogens is 2. The van der Waals surface area contributed by atoms with Crippen LogP contribution in [0.3, 0.4) is 0 Å². The minimum Gasteiger partial charge on any atom is -0.350 e. The molecule has 1 N–H and O–H groups in total. The number of rotatable bonds is 10. The number of benzene rings is 2. The van der Waals surface area contributed by atoms with Crippen LogP contribution in [0.4, 0.5) is 5.69 Å². The van der Waals surface area contributed by atoms with Crippen LogP contribution in [-0.4, -0.2) is 49.5 Å². The van der Waals surface area contributed by atoms with Gasteiger partial charge >= 0.3 is 0 Å². The van der Waals surface area contributed by atoms with Crippen LogP contribution in [-0.2, 0) is 26.2 Å². The lowest BCUT2D eigenvalue weighted by Gasteiger charge is -2.32. The Morgan fingerprint density at radius 2 is 1.70 bits per heavy atom. The average Bonchev–Trinajstić information content (AvgIpc) is 2.75. The smallest absolute Gasteiger partial charge is 0.242 e. The van der Waals surface area contributed by atoms with Gasteiger partial charge in [-0.25, -0.2) is 8.42 Å². The van der Waals surface area contributed by atoms with Gasteiger partial charge in [0, 0.05) is 35.1 Å². The Bertz CT molecular complexity index is 1240. The third-order valence-corrected chi connectivity index (χ3v) is 7.57. The van der Waals surface area contributed by atoms with Gasteiger partial charge in [0.05, 0.1) is 11.9 Å². The first-order chi connectivity index (χ1) is 17.0. The summed E-state index contributed by atoms with van der Waals surface area (Å²) in [6, 6.07) is 9.85. The van der Waals surface area contributed by atoms with Crippen molar-refractivity contribution in [1.29, 1.82) is 0 Å². The van der Waals surface area contributed by atoms with E-state index >= 15 is 0 Å². The van der Waals surface area contributed by atoms with Crippen molar-refractivity contribution < 1.29 is 18.0 Å². The maximum Gasteiger partial charge on any atom is 0.242 e. The molecule has 2 amide bonds. The van der Waals surface area contributed by atoms with Crippen molar-refractivity contribution in [2.24, 2.45) is 0 Å². The zero-order chi connectivity index (χ0) is 28.1. The Kier molecular flexibility index (Phi) is 10.5. The number of amides is 2. The van der Waals surface area contributed by atoms with Gasteiger partial charge in [-0.05, 0) is 82.9 Å². The molecule has 10 heteroatoms. The Labute approximate surface area is 231 Å². The molecular weight excluding hydrogens is 533 g/mol. The normalized spacial score (nSPS) is 12.7. The summed E-state index contributed by atoms with van der Waals surface area (Å²) >= 11 is 12.4. The van der Waals surface area contributed by atoms with Crippen LogP contribution in [0.15, 0.2) is 36.4 Å². The third-order valence-electron chi connectivity index (χ3n) is 5.81. The number of nitrogens with zero attached hydrogens (tertiary/aromatic N) is 2. The Hall–Kier alpha value is -2.29. The number of nitrogens with one attached hydrogen (secondary N) is 1. The van der Waals surface area contributed by atoms with E-state index in [1.54, 1.807) is 25.1 Å². The molecule has 0 bridgehead atoms. The number of carbonyl (C=O) groups excluding carboxylic acids is 2. The van der Waals surface area contributed by atoms with E-state index in [-0.39, 0.29) is 37.7 Å². The topological polar surface area (TPSA) is 86.8 Å². The van der Waals surface area contributed by atoms with Crippen LogP contribution in [0.5, 0.6) is 0 Å². The third kappa shape index (κ3) is 9.20. The molecular formula is C27H37Cl2N3O4S. The number of hydrogen-bond donors (Lipinski definition) is 1. The highest BCUT2D eigenvalue weighted by molar-refractivity contribution is 7.92. The Morgan fingerprint density at radius 1 is 1.05 bits per heavy atom. The summed E-state index contributed by atoms with van der Waals surface area (Å²) in [5, 5.41) is 3.78. The fourth-order valence-corrected chi connectivity index (χ4v) is 5.34. The van der Waals surface area contributed by atoms with Gasteiger partial charge in [-0.1, -0.05) is 41.4 Å². The fraction of sp³-hybridized carbons (Fsp3) is 0.481. The molecule has 0 radical (unpaired) electrons. The number of anilines is 1. The molecule has 0 aromatic heterocycles. The molecule has 2 rings (SSSR count). The maximum absolute atomic E-state index is 13.4. The second kappa shape index (κ2) is 12.5. The van der Waals surface area contributed by atoms with Gasteiger partial charge in [0.2, 0.25) is 21.8 Å². The molecule has 7 nitrogen and oxygen atoms in total. The largest absolute Gasteiger partial charge is 0.350 e. The van der Waals surface area contributed by atoms with Crippen molar-refractivity contribution in [1.82, 2.24) is 10.2 Å². The predicted molar refractivity (Wildman–Crippen MR) is 152 cm³/mol. The van der Waals surface area contributed by atoms with E-state index in [9.17, 15) is 18.0 Å². The van der Waals surface area contributed by atoms with Gasteiger partial charge in [0.1, 0.15) is 6.04 Å². The van der Waals surface area contributed by atoms with Crippen LogP contribution in [0.25, 0.3) is 0 Å². The van der Waals surface area contributed by atoms with Crippen LogP contribution in [0.2, 0.25) is 10.0 Å². The molecule has 0 aliphatic carbocycles. The van der Waals surface area contributed by atoms with Crippen LogP contribution < -0.4 is 9.62 Å². The first-order valence-corrected chi connectivity index (χ1v) is 14.7. The van der Waals surface area contributed by atoms with Gasteiger partial charge in [-0.2, -0.15) is 0 Å². The summed E-state index contributed by atoms with van der Waals surface area (Å²) < 4.78 is 26.5.